The Labute approximate surface area is 152 Å². The molecule has 2 fully saturated rings. The lowest BCUT2D eigenvalue weighted by Crippen LogP contribution is -2.41. The van der Waals surface area contributed by atoms with Crippen molar-refractivity contribution < 1.29 is 4.79 Å². The Morgan fingerprint density at radius 1 is 1.23 bits per heavy atom. The van der Waals surface area contributed by atoms with Crippen LogP contribution in [0.2, 0.25) is 0 Å². The normalized spacial score (nSPS) is 21.6. The van der Waals surface area contributed by atoms with Crippen molar-refractivity contribution >= 4 is 5.91 Å². The molecule has 1 N–H and O–H groups in total. The Hall–Kier alpha value is -2.43. The van der Waals surface area contributed by atoms with Crippen molar-refractivity contribution in [2.24, 2.45) is 10.2 Å². The Bertz CT molecular complexity index is 798. The number of terminal acetylenes is 1. The number of hydrogen-bond donors (Lipinski definition) is 1. The number of aromatic nitrogens is 3. The predicted octanol–water partition coefficient (Wildman–Crippen LogP) is 1.97. The second-order valence-corrected chi connectivity index (χ2v) is 7.53. The quantitative estimate of drug-likeness (QED) is 0.757. The van der Waals surface area contributed by atoms with Crippen LogP contribution in [0.25, 0.3) is 0 Å². The third-order valence-corrected chi connectivity index (χ3v) is 5.58. The molecule has 0 aromatic carbocycles. The van der Waals surface area contributed by atoms with Crippen LogP contribution in [0.15, 0.2) is 15.0 Å². The molecule has 0 bridgehead atoms. The molecule has 0 unspecified atom stereocenters. The van der Waals surface area contributed by atoms with Gasteiger partial charge in [-0.05, 0) is 25.7 Å². The van der Waals surface area contributed by atoms with Gasteiger partial charge in [-0.15, -0.1) is 12.3 Å². The summed E-state index contributed by atoms with van der Waals surface area (Å²) in [6, 6.07) is 0.0747. The van der Waals surface area contributed by atoms with Gasteiger partial charge in [-0.3, -0.25) is 9.78 Å². The van der Waals surface area contributed by atoms with Crippen LogP contribution >= 0.6 is 0 Å². The van der Waals surface area contributed by atoms with Crippen molar-refractivity contribution in [2.75, 3.05) is 13.1 Å². The van der Waals surface area contributed by atoms with Gasteiger partial charge in [-0.25, -0.2) is 9.48 Å². The minimum atomic E-state index is -0.401. The highest BCUT2D eigenvalue weighted by Crippen LogP contribution is 2.38. The van der Waals surface area contributed by atoms with E-state index in [-0.39, 0.29) is 17.6 Å². The van der Waals surface area contributed by atoms with Gasteiger partial charge in [0.1, 0.15) is 5.82 Å². The maximum atomic E-state index is 12.5. The molecule has 8 nitrogen and oxygen atoms in total. The summed E-state index contributed by atoms with van der Waals surface area (Å²) >= 11 is 0. The summed E-state index contributed by atoms with van der Waals surface area (Å²) in [5.41, 5.74) is -0.522. The molecule has 0 spiro atoms. The standard InChI is InChI=1S/C18H24N6O2/c1-2-3-9-18(21-22-18)10-6-15(25)23-11-7-14(8-12-23)24-17(26)19-16(20-24)13-4-5-13/h1,13-14H,3-12H2,(H,19,20,26). The molecule has 2 aliphatic heterocycles. The number of amides is 1. The largest absolute Gasteiger partial charge is 0.343 e. The minimum Gasteiger partial charge on any atom is -0.343 e. The molecule has 1 amide bonds. The Kier molecular flexibility index (Phi) is 4.39. The lowest BCUT2D eigenvalue weighted by molar-refractivity contribution is -0.132. The third kappa shape index (κ3) is 3.57. The van der Waals surface area contributed by atoms with Crippen LogP contribution in [0, 0.1) is 12.3 Å². The van der Waals surface area contributed by atoms with Crippen molar-refractivity contribution in [3.63, 3.8) is 0 Å². The number of rotatable bonds is 7. The number of nitrogens with zero attached hydrogens (tertiary/aromatic N) is 5. The number of likely N-dealkylation sites (tertiary alicyclic amines) is 1. The second-order valence-electron chi connectivity index (χ2n) is 7.53. The zero-order chi connectivity index (χ0) is 18.1. The number of carbonyl (C=O) groups excluding carboxylic acids is 1. The molecule has 3 heterocycles. The Balaban J connectivity index is 1.26. The van der Waals surface area contributed by atoms with Crippen LogP contribution in [0.4, 0.5) is 0 Å². The Morgan fingerprint density at radius 3 is 2.58 bits per heavy atom. The molecule has 26 heavy (non-hydrogen) atoms. The van der Waals surface area contributed by atoms with Crippen molar-refractivity contribution in [1.29, 1.82) is 0 Å². The first-order valence-corrected chi connectivity index (χ1v) is 9.44. The molecular formula is C18H24N6O2. The smallest absolute Gasteiger partial charge is 0.343 e. The SMILES string of the molecule is C#CCCC1(CCC(=O)N2CCC(n3nc(C4CC4)[nH]c3=O)CC2)N=N1. The van der Waals surface area contributed by atoms with E-state index in [1.807, 2.05) is 4.90 Å². The first-order chi connectivity index (χ1) is 12.6. The van der Waals surface area contributed by atoms with E-state index in [1.165, 1.54) is 0 Å². The first kappa shape index (κ1) is 17.0. The number of aromatic amines is 1. The molecule has 0 radical (unpaired) electrons. The molecule has 138 valence electrons. The number of hydrogen-bond acceptors (Lipinski definition) is 5. The van der Waals surface area contributed by atoms with Crippen LogP contribution in [-0.2, 0) is 4.79 Å². The van der Waals surface area contributed by atoms with Crippen LogP contribution in [0.3, 0.4) is 0 Å². The van der Waals surface area contributed by atoms with Gasteiger partial charge in [0.2, 0.25) is 5.91 Å². The van der Waals surface area contributed by atoms with E-state index in [0.717, 1.165) is 37.9 Å². The van der Waals surface area contributed by atoms with Crippen molar-refractivity contribution in [3.05, 3.63) is 16.3 Å². The number of H-pyrrole nitrogens is 1. The van der Waals surface area contributed by atoms with E-state index in [9.17, 15) is 9.59 Å². The molecule has 1 aromatic heterocycles. The van der Waals surface area contributed by atoms with Gasteiger partial charge in [-0.2, -0.15) is 15.3 Å². The van der Waals surface area contributed by atoms with Gasteiger partial charge in [0.05, 0.1) is 6.04 Å². The fraction of sp³-hybridized carbons (Fsp3) is 0.722. The van der Waals surface area contributed by atoms with Crippen molar-refractivity contribution in [3.8, 4) is 12.3 Å². The summed E-state index contributed by atoms with van der Waals surface area (Å²) in [7, 11) is 0. The van der Waals surface area contributed by atoms with Gasteiger partial charge in [0.25, 0.3) is 0 Å². The Morgan fingerprint density at radius 2 is 1.96 bits per heavy atom. The first-order valence-electron chi connectivity index (χ1n) is 9.44. The molecule has 1 saturated heterocycles. The highest BCUT2D eigenvalue weighted by molar-refractivity contribution is 5.76. The molecule has 1 saturated carbocycles. The molecule has 4 rings (SSSR count). The second kappa shape index (κ2) is 6.71. The summed E-state index contributed by atoms with van der Waals surface area (Å²) in [6.45, 7) is 1.32. The van der Waals surface area contributed by atoms with E-state index < -0.39 is 5.66 Å². The zero-order valence-corrected chi connectivity index (χ0v) is 14.9. The van der Waals surface area contributed by atoms with Gasteiger partial charge in [-0.1, -0.05) is 0 Å². The van der Waals surface area contributed by atoms with Crippen molar-refractivity contribution in [2.45, 2.75) is 69.0 Å². The average Bonchev–Trinajstić information content (AvgIpc) is 3.58. The summed E-state index contributed by atoms with van der Waals surface area (Å²) < 4.78 is 1.59. The van der Waals surface area contributed by atoms with Gasteiger partial charge < -0.3 is 4.90 Å². The average molecular weight is 356 g/mol. The predicted molar refractivity (Wildman–Crippen MR) is 94.6 cm³/mol. The molecule has 1 aromatic rings. The van der Waals surface area contributed by atoms with Crippen LogP contribution in [0.1, 0.15) is 69.2 Å². The highest BCUT2D eigenvalue weighted by atomic mass is 16.2. The highest BCUT2D eigenvalue weighted by Gasteiger charge is 2.40. The summed E-state index contributed by atoms with van der Waals surface area (Å²) in [6.07, 6.45) is 11.5. The summed E-state index contributed by atoms with van der Waals surface area (Å²) in [5, 5.41) is 12.6. The maximum absolute atomic E-state index is 12.5. The monoisotopic (exact) mass is 356 g/mol. The molecule has 3 aliphatic rings. The number of carbonyl (C=O) groups is 1. The topological polar surface area (TPSA) is 95.7 Å². The maximum Gasteiger partial charge on any atom is 0.343 e. The number of nitrogens with one attached hydrogen (secondary N) is 1. The lowest BCUT2D eigenvalue weighted by atomic mass is 10.0. The van der Waals surface area contributed by atoms with Crippen LogP contribution < -0.4 is 5.69 Å². The molecule has 8 heteroatoms. The van der Waals surface area contributed by atoms with E-state index >= 15 is 0 Å². The van der Waals surface area contributed by atoms with Crippen LogP contribution in [-0.4, -0.2) is 44.3 Å². The zero-order valence-electron chi connectivity index (χ0n) is 14.9. The fourth-order valence-electron chi connectivity index (χ4n) is 3.63. The van der Waals surface area contributed by atoms with E-state index in [1.54, 1.807) is 4.68 Å². The lowest BCUT2D eigenvalue weighted by Gasteiger charge is -2.31. The van der Waals surface area contributed by atoms with E-state index in [2.05, 4.69) is 26.2 Å². The fourth-order valence-corrected chi connectivity index (χ4v) is 3.63. The third-order valence-electron chi connectivity index (χ3n) is 5.58. The molecular weight excluding hydrogens is 332 g/mol. The molecule has 0 atom stereocenters. The minimum absolute atomic E-state index is 0.0747. The van der Waals surface area contributed by atoms with Gasteiger partial charge >= 0.3 is 5.69 Å². The van der Waals surface area contributed by atoms with Crippen LogP contribution in [0.5, 0.6) is 0 Å². The van der Waals surface area contributed by atoms with Gasteiger partial charge in [0, 0.05) is 44.7 Å². The molecule has 1 aliphatic carbocycles. The van der Waals surface area contributed by atoms with E-state index in [0.29, 0.717) is 38.3 Å². The van der Waals surface area contributed by atoms with E-state index in [4.69, 9.17) is 6.42 Å². The summed E-state index contributed by atoms with van der Waals surface area (Å²) in [4.78, 5) is 29.4. The van der Waals surface area contributed by atoms with Gasteiger partial charge in [0.15, 0.2) is 5.66 Å². The summed E-state index contributed by atoms with van der Waals surface area (Å²) in [5.74, 6) is 3.99. The number of piperidine rings is 1. The van der Waals surface area contributed by atoms with Crippen molar-refractivity contribution in [1.82, 2.24) is 19.7 Å².